The molecular weight excluding hydrogens is 190 g/mol. The summed E-state index contributed by atoms with van der Waals surface area (Å²) in [4.78, 5) is 0. The molecule has 1 N–H and O–H groups in total. The lowest BCUT2D eigenvalue weighted by Crippen LogP contribution is -2.09. The summed E-state index contributed by atoms with van der Waals surface area (Å²) >= 11 is 0. The van der Waals surface area contributed by atoms with Gasteiger partial charge < -0.3 is 14.8 Å². The standard InChI is InChI=1S/C12H19NO2/c1-13-9-11-5-3-4-6-12(11)10-15-8-7-14-2/h3-6,13H,7-10H2,1-2H3. The summed E-state index contributed by atoms with van der Waals surface area (Å²) in [5.74, 6) is 0. The number of ether oxygens (including phenoxy) is 2. The molecule has 0 fully saturated rings. The highest BCUT2D eigenvalue weighted by molar-refractivity contribution is 5.26. The lowest BCUT2D eigenvalue weighted by molar-refractivity contribution is 0.0613. The van der Waals surface area contributed by atoms with Crippen molar-refractivity contribution in [3.05, 3.63) is 35.4 Å². The van der Waals surface area contributed by atoms with Crippen molar-refractivity contribution < 1.29 is 9.47 Å². The third-order valence-electron chi connectivity index (χ3n) is 2.17. The van der Waals surface area contributed by atoms with E-state index >= 15 is 0 Å². The maximum absolute atomic E-state index is 5.49. The lowest BCUT2D eigenvalue weighted by atomic mass is 10.1. The van der Waals surface area contributed by atoms with E-state index in [9.17, 15) is 0 Å². The number of hydrogen-bond acceptors (Lipinski definition) is 3. The van der Waals surface area contributed by atoms with E-state index in [1.54, 1.807) is 7.11 Å². The van der Waals surface area contributed by atoms with Crippen LogP contribution in [-0.4, -0.2) is 27.4 Å². The Morgan fingerprint density at radius 2 is 1.87 bits per heavy atom. The monoisotopic (exact) mass is 209 g/mol. The van der Waals surface area contributed by atoms with Gasteiger partial charge in [0.25, 0.3) is 0 Å². The van der Waals surface area contributed by atoms with Gasteiger partial charge in [-0.1, -0.05) is 24.3 Å². The number of nitrogens with one attached hydrogen (secondary N) is 1. The molecule has 0 radical (unpaired) electrons. The van der Waals surface area contributed by atoms with Crippen LogP contribution in [0.3, 0.4) is 0 Å². The minimum absolute atomic E-state index is 0.643. The summed E-state index contributed by atoms with van der Waals surface area (Å²) in [6.45, 7) is 2.82. The summed E-state index contributed by atoms with van der Waals surface area (Å²) in [6.07, 6.45) is 0. The molecule has 0 aliphatic heterocycles. The smallest absolute Gasteiger partial charge is 0.0721 e. The van der Waals surface area contributed by atoms with Crippen LogP contribution in [0.1, 0.15) is 11.1 Å². The topological polar surface area (TPSA) is 30.5 Å². The maximum atomic E-state index is 5.49. The number of methoxy groups -OCH3 is 1. The van der Waals surface area contributed by atoms with E-state index in [1.807, 2.05) is 19.2 Å². The number of rotatable bonds is 7. The van der Waals surface area contributed by atoms with Crippen LogP contribution in [0.25, 0.3) is 0 Å². The molecule has 0 saturated heterocycles. The van der Waals surface area contributed by atoms with Crippen LogP contribution in [-0.2, 0) is 22.6 Å². The van der Waals surface area contributed by atoms with Gasteiger partial charge >= 0.3 is 0 Å². The molecule has 0 heterocycles. The van der Waals surface area contributed by atoms with Crippen LogP contribution in [0.15, 0.2) is 24.3 Å². The first-order chi connectivity index (χ1) is 7.38. The second-order valence-corrected chi connectivity index (χ2v) is 3.34. The fourth-order valence-corrected chi connectivity index (χ4v) is 1.39. The van der Waals surface area contributed by atoms with Gasteiger partial charge in [0.05, 0.1) is 19.8 Å². The first-order valence-corrected chi connectivity index (χ1v) is 5.16. The van der Waals surface area contributed by atoms with E-state index in [1.165, 1.54) is 11.1 Å². The van der Waals surface area contributed by atoms with E-state index < -0.39 is 0 Å². The van der Waals surface area contributed by atoms with Crippen molar-refractivity contribution in [3.8, 4) is 0 Å². The van der Waals surface area contributed by atoms with Gasteiger partial charge in [0.15, 0.2) is 0 Å². The zero-order valence-corrected chi connectivity index (χ0v) is 9.45. The van der Waals surface area contributed by atoms with Gasteiger partial charge in [0.1, 0.15) is 0 Å². The van der Waals surface area contributed by atoms with Gasteiger partial charge in [-0.15, -0.1) is 0 Å². The molecular formula is C12H19NO2. The SMILES string of the molecule is CNCc1ccccc1COCCOC. The Bertz CT molecular complexity index is 276. The Balaban J connectivity index is 2.44. The number of hydrogen-bond donors (Lipinski definition) is 1. The molecule has 15 heavy (non-hydrogen) atoms. The molecule has 0 aliphatic carbocycles. The normalized spacial score (nSPS) is 10.5. The van der Waals surface area contributed by atoms with Crippen LogP contribution >= 0.6 is 0 Å². The molecule has 0 atom stereocenters. The highest BCUT2D eigenvalue weighted by atomic mass is 16.5. The minimum atomic E-state index is 0.643. The van der Waals surface area contributed by atoms with Gasteiger partial charge in [0.2, 0.25) is 0 Å². The van der Waals surface area contributed by atoms with E-state index in [0.29, 0.717) is 19.8 Å². The highest BCUT2D eigenvalue weighted by Crippen LogP contribution is 2.09. The third kappa shape index (κ3) is 4.42. The zero-order chi connectivity index (χ0) is 10.9. The van der Waals surface area contributed by atoms with E-state index in [2.05, 4.69) is 17.4 Å². The molecule has 0 bridgehead atoms. The Morgan fingerprint density at radius 3 is 2.53 bits per heavy atom. The summed E-state index contributed by atoms with van der Waals surface area (Å²) in [5.41, 5.74) is 2.53. The minimum Gasteiger partial charge on any atom is -0.382 e. The molecule has 0 spiro atoms. The molecule has 0 saturated carbocycles. The second kappa shape index (κ2) is 7.40. The second-order valence-electron chi connectivity index (χ2n) is 3.34. The van der Waals surface area contributed by atoms with Crippen LogP contribution < -0.4 is 5.32 Å². The van der Waals surface area contributed by atoms with E-state index in [0.717, 1.165) is 6.54 Å². The zero-order valence-electron chi connectivity index (χ0n) is 9.45. The fraction of sp³-hybridized carbons (Fsp3) is 0.500. The van der Waals surface area contributed by atoms with Gasteiger partial charge in [-0.05, 0) is 18.2 Å². The molecule has 1 aromatic carbocycles. The molecule has 0 aliphatic rings. The largest absolute Gasteiger partial charge is 0.382 e. The summed E-state index contributed by atoms with van der Waals surface area (Å²) in [6, 6.07) is 8.30. The van der Waals surface area contributed by atoms with Crippen molar-refractivity contribution in [2.75, 3.05) is 27.4 Å². The quantitative estimate of drug-likeness (QED) is 0.691. The summed E-state index contributed by atoms with van der Waals surface area (Å²) in [7, 11) is 3.63. The number of benzene rings is 1. The van der Waals surface area contributed by atoms with Crippen molar-refractivity contribution in [2.45, 2.75) is 13.2 Å². The first-order valence-electron chi connectivity index (χ1n) is 5.16. The Morgan fingerprint density at radius 1 is 1.13 bits per heavy atom. The van der Waals surface area contributed by atoms with Crippen molar-refractivity contribution in [1.29, 1.82) is 0 Å². The van der Waals surface area contributed by atoms with Gasteiger partial charge in [-0.2, -0.15) is 0 Å². The maximum Gasteiger partial charge on any atom is 0.0721 e. The Labute approximate surface area is 91.4 Å². The molecule has 0 aromatic heterocycles. The molecule has 0 amide bonds. The highest BCUT2D eigenvalue weighted by Gasteiger charge is 2.00. The molecule has 84 valence electrons. The van der Waals surface area contributed by atoms with Crippen LogP contribution in [0.2, 0.25) is 0 Å². The summed E-state index contributed by atoms with van der Waals surface area (Å²) in [5, 5.41) is 3.15. The van der Waals surface area contributed by atoms with Crippen molar-refractivity contribution in [1.82, 2.24) is 5.32 Å². The third-order valence-corrected chi connectivity index (χ3v) is 2.17. The Hall–Kier alpha value is -0.900. The van der Waals surface area contributed by atoms with E-state index in [-0.39, 0.29) is 0 Å². The van der Waals surface area contributed by atoms with Gasteiger partial charge in [-0.3, -0.25) is 0 Å². The van der Waals surface area contributed by atoms with Gasteiger partial charge in [0, 0.05) is 13.7 Å². The molecule has 0 unspecified atom stereocenters. The first kappa shape index (κ1) is 12.2. The van der Waals surface area contributed by atoms with Crippen molar-refractivity contribution in [2.24, 2.45) is 0 Å². The average molecular weight is 209 g/mol. The van der Waals surface area contributed by atoms with Crippen LogP contribution in [0.4, 0.5) is 0 Å². The van der Waals surface area contributed by atoms with Crippen LogP contribution in [0.5, 0.6) is 0 Å². The fourth-order valence-electron chi connectivity index (χ4n) is 1.39. The molecule has 3 nitrogen and oxygen atoms in total. The summed E-state index contributed by atoms with van der Waals surface area (Å²) < 4.78 is 10.4. The average Bonchev–Trinajstić information content (AvgIpc) is 2.27. The van der Waals surface area contributed by atoms with Crippen molar-refractivity contribution >= 4 is 0 Å². The predicted octanol–water partition coefficient (Wildman–Crippen LogP) is 1.57. The van der Waals surface area contributed by atoms with E-state index in [4.69, 9.17) is 9.47 Å². The predicted molar refractivity (Wildman–Crippen MR) is 60.7 cm³/mol. The van der Waals surface area contributed by atoms with Crippen LogP contribution in [0, 0.1) is 0 Å². The lowest BCUT2D eigenvalue weighted by Gasteiger charge is -2.09. The van der Waals surface area contributed by atoms with Crippen molar-refractivity contribution in [3.63, 3.8) is 0 Å². The molecule has 3 heteroatoms. The molecule has 1 rings (SSSR count). The van der Waals surface area contributed by atoms with Gasteiger partial charge in [-0.25, -0.2) is 0 Å². The molecule has 1 aromatic rings. The Kier molecular flexibility index (Phi) is 6.00.